The van der Waals surface area contributed by atoms with Gasteiger partial charge in [0.05, 0.1) is 16.7 Å². The minimum Gasteiger partial charge on any atom is -0.369 e. The van der Waals surface area contributed by atoms with E-state index in [1.54, 1.807) is 0 Å². The highest BCUT2D eigenvalue weighted by molar-refractivity contribution is 6.09. The average molecular weight is 554 g/mol. The van der Waals surface area contributed by atoms with Gasteiger partial charge in [-0.05, 0) is 70.1 Å². The molecule has 2 aliphatic rings. The van der Waals surface area contributed by atoms with Gasteiger partial charge < -0.3 is 19.3 Å². The molecule has 7 nitrogen and oxygen atoms in total. The van der Waals surface area contributed by atoms with E-state index in [9.17, 15) is 0 Å². The van der Waals surface area contributed by atoms with Crippen LogP contribution >= 0.6 is 0 Å². The van der Waals surface area contributed by atoms with Gasteiger partial charge in [0.25, 0.3) is 0 Å². The molecule has 6 rings (SSSR count). The molecule has 0 radical (unpaired) electrons. The zero-order valence-corrected chi connectivity index (χ0v) is 25.8. The van der Waals surface area contributed by atoms with Crippen molar-refractivity contribution in [1.29, 1.82) is 0 Å². The zero-order chi connectivity index (χ0) is 28.5. The fraction of sp³-hybridized carbons (Fsp3) is 0.529. The van der Waals surface area contributed by atoms with E-state index in [4.69, 9.17) is 9.97 Å². The summed E-state index contributed by atoms with van der Waals surface area (Å²) in [6.45, 7) is 17.6. The standard InChI is InChI=1S/C34H47N7/c1-6-7-8-27-23-25(2)31-30(24-27)36-32(28-9-11-29(12-10-28)40-20-15-38(5)16-21-40)33-34(31)41(26(3)35-33)22-19-39-17-13-37(4)14-18-39/h9-12,23-24H,6-8,13-22H2,1-5H3. The predicted molar refractivity (Wildman–Crippen MR) is 172 cm³/mol. The highest BCUT2D eigenvalue weighted by Crippen LogP contribution is 2.36. The Bertz CT molecular complexity index is 1490. The molecule has 2 aromatic heterocycles. The Morgan fingerprint density at radius 2 is 1.46 bits per heavy atom. The number of hydrogen-bond donors (Lipinski definition) is 0. The molecule has 0 amide bonds. The zero-order valence-electron chi connectivity index (χ0n) is 25.8. The number of benzene rings is 2. The number of pyridine rings is 1. The predicted octanol–water partition coefficient (Wildman–Crippen LogP) is 5.21. The summed E-state index contributed by atoms with van der Waals surface area (Å²) in [6.07, 6.45) is 3.51. The second kappa shape index (κ2) is 12.1. The molecule has 41 heavy (non-hydrogen) atoms. The lowest BCUT2D eigenvalue weighted by molar-refractivity contribution is 0.150. The van der Waals surface area contributed by atoms with Gasteiger partial charge in [-0.1, -0.05) is 31.5 Å². The van der Waals surface area contributed by atoms with Crippen molar-refractivity contribution in [3.05, 3.63) is 53.3 Å². The highest BCUT2D eigenvalue weighted by Gasteiger charge is 2.22. The van der Waals surface area contributed by atoms with Crippen LogP contribution in [-0.4, -0.2) is 102 Å². The second-order valence-corrected chi connectivity index (χ2v) is 12.4. The minimum absolute atomic E-state index is 0.948. The van der Waals surface area contributed by atoms with Gasteiger partial charge >= 0.3 is 0 Å². The van der Waals surface area contributed by atoms with Crippen LogP contribution in [0.2, 0.25) is 0 Å². The quantitative estimate of drug-likeness (QED) is 0.299. The summed E-state index contributed by atoms with van der Waals surface area (Å²) in [5.74, 6) is 1.08. The summed E-state index contributed by atoms with van der Waals surface area (Å²) in [5.41, 5.74) is 9.53. The third kappa shape index (κ3) is 5.85. The lowest BCUT2D eigenvalue weighted by Crippen LogP contribution is -2.45. The molecule has 2 fully saturated rings. The fourth-order valence-corrected chi connectivity index (χ4v) is 6.60. The Balaban J connectivity index is 1.42. The van der Waals surface area contributed by atoms with E-state index >= 15 is 0 Å². The maximum Gasteiger partial charge on any atom is 0.116 e. The molecule has 2 aromatic carbocycles. The van der Waals surface area contributed by atoms with Crippen molar-refractivity contribution < 1.29 is 0 Å². The Labute approximate surface area is 245 Å². The Kier molecular flexibility index (Phi) is 8.29. The van der Waals surface area contributed by atoms with E-state index in [1.807, 2.05) is 0 Å². The van der Waals surface area contributed by atoms with Gasteiger partial charge in [-0.3, -0.25) is 4.90 Å². The monoisotopic (exact) mass is 553 g/mol. The highest BCUT2D eigenvalue weighted by atomic mass is 15.3. The van der Waals surface area contributed by atoms with E-state index < -0.39 is 0 Å². The normalized spacial score (nSPS) is 17.7. The molecule has 0 spiro atoms. The molecule has 4 aromatic rings. The number of unbranched alkanes of at least 4 members (excludes halogenated alkanes) is 1. The largest absolute Gasteiger partial charge is 0.369 e. The molecule has 0 bridgehead atoms. The number of nitrogens with zero attached hydrogens (tertiary/aromatic N) is 7. The second-order valence-electron chi connectivity index (χ2n) is 12.4. The first-order valence-corrected chi connectivity index (χ1v) is 15.7. The fourth-order valence-electron chi connectivity index (χ4n) is 6.60. The number of aryl methyl sites for hydroxylation is 3. The van der Waals surface area contributed by atoms with Crippen LogP contribution < -0.4 is 4.90 Å². The number of hydrogen-bond acceptors (Lipinski definition) is 6. The van der Waals surface area contributed by atoms with Crippen molar-refractivity contribution in [3.8, 4) is 11.3 Å². The van der Waals surface area contributed by atoms with Crippen molar-refractivity contribution in [2.75, 3.05) is 77.9 Å². The number of piperazine rings is 2. The summed E-state index contributed by atoms with van der Waals surface area (Å²) >= 11 is 0. The van der Waals surface area contributed by atoms with Crippen LogP contribution in [0.5, 0.6) is 0 Å². The molecule has 2 aliphatic heterocycles. The lowest BCUT2D eigenvalue weighted by Gasteiger charge is -2.34. The van der Waals surface area contributed by atoms with Gasteiger partial charge in [-0.2, -0.15) is 0 Å². The first kappa shape index (κ1) is 28.1. The van der Waals surface area contributed by atoms with Crippen molar-refractivity contribution in [3.63, 3.8) is 0 Å². The van der Waals surface area contributed by atoms with Crippen LogP contribution in [0, 0.1) is 13.8 Å². The summed E-state index contributed by atoms with van der Waals surface area (Å²) in [4.78, 5) is 20.5. The van der Waals surface area contributed by atoms with Crippen LogP contribution in [0.4, 0.5) is 5.69 Å². The maximum atomic E-state index is 5.36. The number of anilines is 1. The van der Waals surface area contributed by atoms with Gasteiger partial charge in [0.1, 0.15) is 11.3 Å². The SMILES string of the molecule is CCCCc1cc(C)c2c(c1)nc(-c1ccc(N3CCN(C)CC3)cc1)c1nc(C)n(CCN3CCN(C)CC3)c12. The molecule has 218 valence electrons. The Morgan fingerprint density at radius 3 is 2.15 bits per heavy atom. The maximum absolute atomic E-state index is 5.36. The average Bonchev–Trinajstić information content (AvgIpc) is 3.31. The summed E-state index contributed by atoms with van der Waals surface area (Å²) in [5, 5.41) is 1.26. The molecule has 0 unspecified atom stereocenters. The molecule has 4 heterocycles. The molecule has 0 aliphatic carbocycles. The first-order chi connectivity index (χ1) is 19.9. The lowest BCUT2D eigenvalue weighted by atomic mass is 9.99. The molecular weight excluding hydrogens is 506 g/mol. The number of fused-ring (bicyclic) bond motifs is 3. The molecule has 0 saturated carbocycles. The van der Waals surface area contributed by atoms with Crippen molar-refractivity contribution in [2.45, 2.75) is 46.6 Å². The van der Waals surface area contributed by atoms with E-state index in [1.165, 1.54) is 40.6 Å². The molecular formula is C34H47N7. The Hall–Kier alpha value is -3.00. The number of aromatic nitrogens is 3. The van der Waals surface area contributed by atoms with Gasteiger partial charge in [0.2, 0.25) is 0 Å². The minimum atomic E-state index is 0.948. The molecule has 0 atom stereocenters. The number of rotatable bonds is 8. The van der Waals surface area contributed by atoms with Crippen LogP contribution in [0.3, 0.4) is 0 Å². The van der Waals surface area contributed by atoms with Crippen molar-refractivity contribution >= 4 is 27.6 Å². The van der Waals surface area contributed by atoms with Gasteiger partial charge in [0.15, 0.2) is 0 Å². The summed E-state index contributed by atoms with van der Waals surface area (Å²) < 4.78 is 2.47. The van der Waals surface area contributed by atoms with Crippen LogP contribution in [0.1, 0.15) is 36.7 Å². The van der Waals surface area contributed by atoms with Gasteiger partial charge in [-0.15, -0.1) is 0 Å². The van der Waals surface area contributed by atoms with Crippen LogP contribution in [0.15, 0.2) is 36.4 Å². The van der Waals surface area contributed by atoms with E-state index in [0.717, 1.165) is 100.0 Å². The third-order valence-corrected chi connectivity index (χ3v) is 9.29. The smallest absolute Gasteiger partial charge is 0.116 e. The molecule has 2 saturated heterocycles. The number of imidazole rings is 1. The van der Waals surface area contributed by atoms with E-state index in [0.29, 0.717) is 0 Å². The Morgan fingerprint density at radius 1 is 0.780 bits per heavy atom. The van der Waals surface area contributed by atoms with Crippen LogP contribution in [-0.2, 0) is 13.0 Å². The summed E-state index contributed by atoms with van der Waals surface area (Å²) in [7, 11) is 4.43. The first-order valence-electron chi connectivity index (χ1n) is 15.7. The third-order valence-electron chi connectivity index (χ3n) is 9.29. The number of likely N-dealkylation sites (N-methyl/N-ethyl adjacent to an activating group) is 2. The van der Waals surface area contributed by atoms with Crippen molar-refractivity contribution in [2.24, 2.45) is 0 Å². The van der Waals surface area contributed by atoms with E-state index in [-0.39, 0.29) is 0 Å². The topological polar surface area (TPSA) is 43.7 Å². The van der Waals surface area contributed by atoms with Gasteiger partial charge in [-0.25, -0.2) is 9.97 Å². The molecule has 0 N–H and O–H groups in total. The van der Waals surface area contributed by atoms with E-state index in [2.05, 4.69) is 95.4 Å². The van der Waals surface area contributed by atoms with Gasteiger partial charge in [0, 0.05) is 82.1 Å². The van der Waals surface area contributed by atoms with Crippen molar-refractivity contribution in [1.82, 2.24) is 29.2 Å². The summed E-state index contributed by atoms with van der Waals surface area (Å²) in [6, 6.07) is 13.8. The molecule has 7 heteroatoms. The van der Waals surface area contributed by atoms with Crippen LogP contribution in [0.25, 0.3) is 33.2 Å².